The molecule has 0 unspecified atom stereocenters. The molecule has 0 aliphatic carbocycles. The van der Waals surface area contributed by atoms with Gasteiger partial charge >= 0.3 is 5.97 Å². The van der Waals surface area contributed by atoms with Gasteiger partial charge in [0, 0.05) is 5.75 Å². The maximum Gasteiger partial charge on any atom is 0.327 e. The Labute approximate surface area is 123 Å². The molecule has 1 saturated heterocycles. The van der Waals surface area contributed by atoms with E-state index in [1.54, 1.807) is 6.07 Å². The van der Waals surface area contributed by atoms with E-state index in [4.69, 9.17) is 5.11 Å². The normalized spacial score (nSPS) is 19.6. The number of thioether (sulfide) groups is 1. The highest BCUT2D eigenvalue weighted by molar-refractivity contribution is 9.12. The second-order valence-electron chi connectivity index (χ2n) is 3.37. The smallest absolute Gasteiger partial charge is 0.327 e. The van der Waals surface area contributed by atoms with Gasteiger partial charge in [0.25, 0.3) is 5.91 Å². The van der Waals surface area contributed by atoms with Crippen molar-refractivity contribution in [2.24, 2.45) is 0 Å². The fraction of sp³-hybridized carbons (Fsp3) is 0.333. The van der Waals surface area contributed by atoms with Crippen LogP contribution in [-0.2, 0) is 4.79 Å². The summed E-state index contributed by atoms with van der Waals surface area (Å²) in [6.07, 6.45) is 0. The molecule has 1 amide bonds. The second kappa shape index (κ2) is 5.29. The van der Waals surface area contributed by atoms with E-state index >= 15 is 0 Å². The van der Waals surface area contributed by atoms with Gasteiger partial charge in [0.15, 0.2) is 0 Å². The second-order valence-corrected chi connectivity index (χ2v) is 8.12. The van der Waals surface area contributed by atoms with Gasteiger partial charge in [-0.3, -0.25) is 4.79 Å². The Morgan fingerprint density at radius 1 is 1.47 bits per heavy atom. The standard InChI is InChI=1S/C9H7Br2NO3S2/c10-6-1-4(7(11)17-6)8(13)12-3-16-2-5(12)9(14)15/h1,5H,2-3H2,(H,14,15)/t5-/m0/s1. The highest BCUT2D eigenvalue weighted by atomic mass is 79.9. The third kappa shape index (κ3) is 2.69. The number of carboxylic acid groups (broad SMARTS) is 1. The van der Waals surface area contributed by atoms with Gasteiger partial charge in [-0.2, -0.15) is 0 Å². The van der Waals surface area contributed by atoms with Crippen LogP contribution in [0.25, 0.3) is 0 Å². The summed E-state index contributed by atoms with van der Waals surface area (Å²) in [7, 11) is 0. The number of rotatable bonds is 2. The minimum Gasteiger partial charge on any atom is -0.480 e. The minimum atomic E-state index is -0.950. The number of aliphatic carboxylic acids is 1. The summed E-state index contributed by atoms with van der Waals surface area (Å²) in [6.45, 7) is 0. The topological polar surface area (TPSA) is 57.6 Å². The first-order valence-corrected chi connectivity index (χ1v) is 8.12. The van der Waals surface area contributed by atoms with Crippen LogP contribution in [0, 0.1) is 0 Å². The molecule has 0 bridgehead atoms. The lowest BCUT2D eigenvalue weighted by Gasteiger charge is -2.19. The van der Waals surface area contributed by atoms with Crippen molar-refractivity contribution < 1.29 is 14.7 Å². The molecule has 8 heteroatoms. The Balaban J connectivity index is 2.25. The number of carbonyl (C=O) groups excluding carboxylic acids is 1. The maximum atomic E-state index is 12.2. The summed E-state index contributed by atoms with van der Waals surface area (Å²) in [5.74, 6) is -0.315. The molecule has 2 heterocycles. The Morgan fingerprint density at radius 3 is 2.71 bits per heavy atom. The molecule has 1 aromatic heterocycles. The summed E-state index contributed by atoms with van der Waals surface area (Å²) in [5, 5.41) is 9.03. The first kappa shape index (κ1) is 13.4. The fourth-order valence-corrected chi connectivity index (χ4v) is 5.41. The fourth-order valence-electron chi connectivity index (χ4n) is 1.49. The molecule has 1 aromatic rings. The van der Waals surface area contributed by atoms with E-state index in [9.17, 15) is 9.59 Å². The van der Waals surface area contributed by atoms with Crippen molar-refractivity contribution in [3.05, 3.63) is 19.2 Å². The van der Waals surface area contributed by atoms with Crippen LogP contribution < -0.4 is 0 Å². The summed E-state index contributed by atoms with van der Waals surface area (Å²) < 4.78 is 1.56. The number of hydrogen-bond donors (Lipinski definition) is 1. The molecule has 0 spiro atoms. The van der Waals surface area contributed by atoms with Gasteiger partial charge in [0.05, 0.1) is 19.0 Å². The van der Waals surface area contributed by atoms with Gasteiger partial charge in [0.1, 0.15) is 6.04 Å². The van der Waals surface area contributed by atoms with Crippen molar-refractivity contribution in [1.82, 2.24) is 4.90 Å². The molecule has 0 aromatic carbocycles. The number of halogens is 2. The molecule has 4 nitrogen and oxygen atoms in total. The Kier molecular flexibility index (Phi) is 4.17. The van der Waals surface area contributed by atoms with Crippen molar-refractivity contribution in [1.29, 1.82) is 0 Å². The lowest BCUT2D eigenvalue weighted by atomic mass is 10.2. The molecule has 1 N–H and O–H groups in total. The van der Waals surface area contributed by atoms with Crippen LogP contribution in [0.4, 0.5) is 0 Å². The van der Waals surface area contributed by atoms with Gasteiger partial charge in [-0.15, -0.1) is 23.1 Å². The van der Waals surface area contributed by atoms with E-state index < -0.39 is 12.0 Å². The highest BCUT2D eigenvalue weighted by Gasteiger charge is 2.36. The molecule has 2 rings (SSSR count). The SMILES string of the molecule is O=C(O)[C@@H]1CSCN1C(=O)c1cc(Br)sc1Br. The summed E-state index contributed by atoms with van der Waals surface area (Å²) in [4.78, 5) is 24.6. The number of thiophene rings is 1. The molecule has 0 radical (unpaired) electrons. The molecule has 1 fully saturated rings. The predicted molar refractivity (Wildman–Crippen MR) is 74.6 cm³/mol. The van der Waals surface area contributed by atoms with Crippen LogP contribution in [0.15, 0.2) is 13.6 Å². The summed E-state index contributed by atoms with van der Waals surface area (Å²) >= 11 is 9.46. The largest absolute Gasteiger partial charge is 0.480 e. The number of nitrogens with zero attached hydrogens (tertiary/aromatic N) is 1. The molecule has 92 valence electrons. The summed E-state index contributed by atoms with van der Waals surface area (Å²) in [6, 6.07) is 0.983. The highest BCUT2D eigenvalue weighted by Crippen LogP contribution is 2.34. The first-order valence-electron chi connectivity index (χ1n) is 4.57. The van der Waals surface area contributed by atoms with Crippen molar-refractivity contribution >= 4 is 66.8 Å². The van der Waals surface area contributed by atoms with Crippen molar-refractivity contribution in [3.8, 4) is 0 Å². The lowest BCUT2D eigenvalue weighted by molar-refractivity contribution is -0.140. The minimum absolute atomic E-state index is 0.240. The number of hydrogen-bond acceptors (Lipinski definition) is 4. The number of carboxylic acids is 1. The van der Waals surface area contributed by atoms with Gasteiger partial charge < -0.3 is 10.0 Å². The predicted octanol–water partition coefficient (Wildman–Crippen LogP) is 2.87. The molecule has 0 saturated carbocycles. The quantitative estimate of drug-likeness (QED) is 0.829. The molecule has 1 aliphatic rings. The zero-order valence-electron chi connectivity index (χ0n) is 8.35. The van der Waals surface area contributed by atoms with Crippen LogP contribution >= 0.6 is 55.0 Å². The van der Waals surface area contributed by atoms with E-state index in [0.29, 0.717) is 17.2 Å². The Morgan fingerprint density at radius 2 is 2.18 bits per heavy atom. The molecule has 17 heavy (non-hydrogen) atoms. The third-order valence-corrected chi connectivity index (χ3v) is 5.67. The van der Waals surface area contributed by atoms with E-state index in [0.717, 1.165) is 7.57 Å². The van der Waals surface area contributed by atoms with E-state index in [1.165, 1.54) is 28.0 Å². The van der Waals surface area contributed by atoms with Crippen LogP contribution in [0.2, 0.25) is 0 Å². The van der Waals surface area contributed by atoms with Gasteiger partial charge in [-0.1, -0.05) is 0 Å². The van der Waals surface area contributed by atoms with Crippen molar-refractivity contribution in [2.45, 2.75) is 6.04 Å². The maximum absolute atomic E-state index is 12.2. The first-order chi connectivity index (χ1) is 8.00. The van der Waals surface area contributed by atoms with Crippen molar-refractivity contribution in [3.63, 3.8) is 0 Å². The van der Waals surface area contributed by atoms with Gasteiger partial charge in [0.2, 0.25) is 0 Å². The zero-order chi connectivity index (χ0) is 12.6. The molecular weight excluding hydrogens is 394 g/mol. The lowest BCUT2D eigenvalue weighted by Crippen LogP contribution is -2.41. The van der Waals surface area contributed by atoms with E-state index in [2.05, 4.69) is 31.9 Å². The van der Waals surface area contributed by atoms with Crippen LogP contribution in [0.5, 0.6) is 0 Å². The Bertz CT molecular complexity index is 477. The summed E-state index contributed by atoms with van der Waals surface area (Å²) in [5.41, 5.74) is 0.510. The van der Waals surface area contributed by atoms with Crippen LogP contribution in [0.1, 0.15) is 10.4 Å². The monoisotopic (exact) mass is 399 g/mol. The van der Waals surface area contributed by atoms with Crippen LogP contribution in [-0.4, -0.2) is 39.6 Å². The van der Waals surface area contributed by atoms with E-state index in [-0.39, 0.29) is 5.91 Å². The molecule has 1 aliphatic heterocycles. The molecule has 1 atom stereocenters. The number of amides is 1. The third-order valence-electron chi connectivity index (χ3n) is 2.32. The number of carbonyl (C=O) groups is 2. The average Bonchev–Trinajstić information content (AvgIpc) is 2.83. The van der Waals surface area contributed by atoms with E-state index in [1.807, 2.05) is 0 Å². The van der Waals surface area contributed by atoms with Gasteiger partial charge in [-0.25, -0.2) is 4.79 Å². The van der Waals surface area contributed by atoms with Gasteiger partial charge in [-0.05, 0) is 37.9 Å². The average molecular weight is 401 g/mol. The Hall–Kier alpha value is -0.0500. The molecular formula is C9H7Br2NO3S2. The zero-order valence-corrected chi connectivity index (χ0v) is 13.2. The van der Waals surface area contributed by atoms with Crippen molar-refractivity contribution in [2.75, 3.05) is 11.6 Å². The van der Waals surface area contributed by atoms with Crippen LogP contribution in [0.3, 0.4) is 0 Å².